The van der Waals surface area contributed by atoms with Crippen molar-refractivity contribution >= 4 is 5.91 Å². The summed E-state index contributed by atoms with van der Waals surface area (Å²) in [6.45, 7) is 3.49. The van der Waals surface area contributed by atoms with Crippen LogP contribution in [0, 0.1) is 0 Å². The molecule has 6 nitrogen and oxygen atoms in total. The first-order valence-corrected chi connectivity index (χ1v) is 9.19. The van der Waals surface area contributed by atoms with Crippen LogP contribution in [0.3, 0.4) is 0 Å². The third kappa shape index (κ3) is 7.16. The molecule has 2 saturated heterocycles. The molecular weight excluding hydrogens is 298 g/mol. The van der Waals surface area contributed by atoms with Crippen molar-refractivity contribution in [3.8, 4) is 0 Å². The number of ether oxygens (including phenoxy) is 2. The van der Waals surface area contributed by atoms with E-state index in [9.17, 15) is 4.79 Å². The monoisotopic (exact) mass is 329 g/mol. The summed E-state index contributed by atoms with van der Waals surface area (Å²) in [5.74, 6) is -0.149. The van der Waals surface area contributed by atoms with Gasteiger partial charge in [0.15, 0.2) is 12.6 Å². The summed E-state index contributed by atoms with van der Waals surface area (Å²) < 4.78 is 11.1. The summed E-state index contributed by atoms with van der Waals surface area (Å²) in [5, 5.41) is 1.04. The molecule has 2 heterocycles. The molecule has 2 atom stereocenters. The van der Waals surface area contributed by atoms with Gasteiger partial charge in [0, 0.05) is 32.5 Å². The normalized spacial score (nSPS) is 25.3. The third-order valence-electron chi connectivity index (χ3n) is 4.15. The second kappa shape index (κ2) is 11.0. The molecule has 134 valence electrons. The number of carbonyl (C=O) groups excluding carboxylic acids is 1. The maximum absolute atomic E-state index is 12.4. The van der Waals surface area contributed by atoms with Crippen LogP contribution in [0.1, 0.15) is 77.6 Å². The molecule has 0 bridgehead atoms. The summed E-state index contributed by atoms with van der Waals surface area (Å²) in [4.78, 5) is 23.8. The quantitative estimate of drug-likeness (QED) is 0.477. The zero-order valence-electron chi connectivity index (χ0n) is 14.3. The van der Waals surface area contributed by atoms with Gasteiger partial charge in [-0.2, -0.15) is 0 Å². The van der Waals surface area contributed by atoms with Gasteiger partial charge in [0.25, 0.3) is 5.91 Å². The zero-order chi connectivity index (χ0) is 16.3. The Bertz CT molecular complexity index is 307. The van der Waals surface area contributed by atoms with Crippen LogP contribution in [-0.4, -0.2) is 36.9 Å². The van der Waals surface area contributed by atoms with Crippen molar-refractivity contribution in [3.63, 3.8) is 0 Å². The molecule has 0 aromatic rings. The van der Waals surface area contributed by atoms with Gasteiger partial charge < -0.3 is 9.47 Å². The van der Waals surface area contributed by atoms with Crippen LogP contribution in [0.2, 0.25) is 0 Å². The molecule has 2 rings (SSSR count). The largest absolute Gasteiger partial charge is 0.350 e. The Balaban J connectivity index is 1.82. The van der Waals surface area contributed by atoms with Gasteiger partial charge in [-0.3, -0.25) is 4.79 Å². The first-order chi connectivity index (χ1) is 11.3. The van der Waals surface area contributed by atoms with Crippen molar-refractivity contribution in [1.29, 1.82) is 0 Å². The SMILES string of the molecule is CCCCCCC(=O)N(OC1CCCCO1)O[C@@H]1CCCCO1. The number of amides is 1. The van der Waals surface area contributed by atoms with Crippen LogP contribution in [0.5, 0.6) is 0 Å². The van der Waals surface area contributed by atoms with E-state index in [1.54, 1.807) is 0 Å². The second-order valence-corrected chi connectivity index (χ2v) is 6.26. The highest BCUT2D eigenvalue weighted by Gasteiger charge is 2.27. The average molecular weight is 329 g/mol. The van der Waals surface area contributed by atoms with Gasteiger partial charge in [0.05, 0.1) is 0 Å². The lowest BCUT2D eigenvalue weighted by molar-refractivity contribution is -0.435. The fraction of sp³-hybridized carbons (Fsp3) is 0.941. The maximum Gasteiger partial charge on any atom is 0.273 e. The van der Waals surface area contributed by atoms with Crippen LogP contribution in [0.25, 0.3) is 0 Å². The van der Waals surface area contributed by atoms with Gasteiger partial charge in [-0.05, 0) is 32.1 Å². The minimum Gasteiger partial charge on any atom is -0.350 e. The molecule has 0 aromatic heterocycles. The summed E-state index contributed by atoms with van der Waals surface area (Å²) in [7, 11) is 0. The molecule has 0 aliphatic carbocycles. The zero-order valence-corrected chi connectivity index (χ0v) is 14.3. The summed E-state index contributed by atoms with van der Waals surface area (Å²) >= 11 is 0. The van der Waals surface area contributed by atoms with Crippen LogP contribution >= 0.6 is 0 Å². The van der Waals surface area contributed by atoms with Gasteiger partial charge in [0.1, 0.15) is 0 Å². The van der Waals surface area contributed by atoms with E-state index < -0.39 is 12.6 Å². The lowest BCUT2D eigenvalue weighted by Gasteiger charge is -2.31. The van der Waals surface area contributed by atoms with E-state index in [0.29, 0.717) is 19.6 Å². The smallest absolute Gasteiger partial charge is 0.273 e. The molecule has 0 radical (unpaired) electrons. The Hall–Kier alpha value is -0.690. The Morgan fingerprint density at radius 2 is 1.57 bits per heavy atom. The molecule has 0 aromatic carbocycles. The number of hydroxylamine groups is 2. The number of rotatable bonds is 9. The van der Waals surface area contributed by atoms with E-state index in [1.807, 2.05) is 0 Å². The predicted octanol–water partition coefficient (Wildman–Crippen LogP) is 3.70. The molecule has 23 heavy (non-hydrogen) atoms. The molecule has 1 amide bonds. The van der Waals surface area contributed by atoms with E-state index in [4.69, 9.17) is 19.1 Å². The van der Waals surface area contributed by atoms with Crippen molar-refractivity contribution in [1.82, 2.24) is 5.23 Å². The molecule has 0 N–H and O–H groups in total. The van der Waals surface area contributed by atoms with Crippen molar-refractivity contribution in [3.05, 3.63) is 0 Å². The Kier molecular flexibility index (Phi) is 8.89. The van der Waals surface area contributed by atoms with E-state index in [2.05, 4.69) is 6.92 Å². The molecule has 0 saturated carbocycles. The molecule has 6 heteroatoms. The van der Waals surface area contributed by atoms with Crippen molar-refractivity contribution in [2.75, 3.05) is 13.2 Å². The molecular formula is C17H31NO5. The maximum atomic E-state index is 12.4. The number of nitrogens with zero attached hydrogens (tertiary/aromatic N) is 1. The van der Waals surface area contributed by atoms with E-state index >= 15 is 0 Å². The third-order valence-corrected chi connectivity index (χ3v) is 4.15. The molecule has 2 aliphatic rings. The molecule has 1 unspecified atom stereocenters. The lowest BCUT2D eigenvalue weighted by Crippen LogP contribution is -2.41. The number of carbonyl (C=O) groups is 1. The Morgan fingerprint density at radius 1 is 0.957 bits per heavy atom. The topological polar surface area (TPSA) is 57.2 Å². The number of hydrogen-bond donors (Lipinski definition) is 0. The first kappa shape index (κ1) is 18.6. The van der Waals surface area contributed by atoms with E-state index in [-0.39, 0.29) is 5.91 Å². The van der Waals surface area contributed by atoms with Gasteiger partial charge in [0.2, 0.25) is 0 Å². The highest BCUT2D eigenvalue weighted by atomic mass is 17.0. The molecule has 0 spiro atoms. The lowest BCUT2D eigenvalue weighted by atomic mass is 10.1. The van der Waals surface area contributed by atoms with Gasteiger partial charge in [-0.1, -0.05) is 31.4 Å². The Labute approximate surface area is 139 Å². The van der Waals surface area contributed by atoms with Crippen molar-refractivity contribution in [2.45, 2.75) is 90.1 Å². The van der Waals surface area contributed by atoms with E-state index in [0.717, 1.165) is 69.4 Å². The standard InChI is InChI=1S/C17H31NO5/c1-2-3-4-5-10-15(19)18(22-16-11-6-8-13-20-16)23-17-12-7-9-14-21-17/h16-17H,2-14H2,1H3/t16-,17?/m1/s1. The summed E-state index contributed by atoms with van der Waals surface area (Å²) in [6.07, 6.45) is 9.58. The van der Waals surface area contributed by atoms with Crippen molar-refractivity contribution < 1.29 is 23.9 Å². The second-order valence-electron chi connectivity index (χ2n) is 6.26. The van der Waals surface area contributed by atoms with Gasteiger partial charge in [-0.15, -0.1) is 0 Å². The number of hydrogen-bond acceptors (Lipinski definition) is 5. The minimum absolute atomic E-state index is 0.149. The first-order valence-electron chi connectivity index (χ1n) is 9.19. The number of unbranched alkanes of at least 4 members (excludes halogenated alkanes) is 3. The van der Waals surface area contributed by atoms with Crippen molar-refractivity contribution in [2.24, 2.45) is 0 Å². The van der Waals surface area contributed by atoms with Gasteiger partial charge >= 0.3 is 0 Å². The fourth-order valence-corrected chi connectivity index (χ4v) is 2.74. The molecule has 2 fully saturated rings. The van der Waals surface area contributed by atoms with Crippen LogP contribution < -0.4 is 0 Å². The van der Waals surface area contributed by atoms with E-state index in [1.165, 1.54) is 0 Å². The highest BCUT2D eigenvalue weighted by Crippen LogP contribution is 2.20. The minimum atomic E-state index is -0.396. The van der Waals surface area contributed by atoms with Crippen LogP contribution in [0.4, 0.5) is 0 Å². The van der Waals surface area contributed by atoms with Crippen LogP contribution in [0.15, 0.2) is 0 Å². The fourth-order valence-electron chi connectivity index (χ4n) is 2.74. The Morgan fingerprint density at radius 3 is 2.04 bits per heavy atom. The predicted molar refractivity (Wildman–Crippen MR) is 85.0 cm³/mol. The summed E-state index contributed by atoms with van der Waals surface area (Å²) in [6, 6.07) is 0. The van der Waals surface area contributed by atoms with Gasteiger partial charge in [-0.25, -0.2) is 9.68 Å². The van der Waals surface area contributed by atoms with Crippen LogP contribution in [-0.2, 0) is 23.9 Å². The highest BCUT2D eigenvalue weighted by molar-refractivity contribution is 5.73. The summed E-state index contributed by atoms with van der Waals surface area (Å²) in [5.41, 5.74) is 0. The molecule has 2 aliphatic heterocycles. The average Bonchev–Trinajstić information content (AvgIpc) is 2.60.